The maximum absolute atomic E-state index is 11.5. The molecule has 1 fully saturated rings. The lowest BCUT2D eigenvalue weighted by molar-refractivity contribution is -0.118. The molecule has 4 nitrogen and oxygen atoms in total. The maximum atomic E-state index is 11.5. The zero-order chi connectivity index (χ0) is 13.8. The van der Waals surface area contributed by atoms with Crippen molar-refractivity contribution in [2.24, 2.45) is 10.2 Å². The van der Waals surface area contributed by atoms with E-state index in [0.717, 1.165) is 22.2 Å². The molecule has 1 aromatic rings. The highest BCUT2D eigenvalue weighted by molar-refractivity contribution is 9.10. The number of benzene rings is 1. The molecule has 0 bridgehead atoms. The fraction of sp³-hybridized carbons (Fsp3) is 0.308. The molecule has 1 heterocycles. The van der Waals surface area contributed by atoms with Gasteiger partial charge < -0.3 is 5.32 Å². The van der Waals surface area contributed by atoms with Gasteiger partial charge in [-0.25, -0.2) is 0 Å². The van der Waals surface area contributed by atoms with Crippen molar-refractivity contribution >= 4 is 44.5 Å². The van der Waals surface area contributed by atoms with Crippen molar-refractivity contribution in [3.8, 4) is 0 Å². The Balaban J connectivity index is 2.10. The van der Waals surface area contributed by atoms with Gasteiger partial charge in [-0.2, -0.15) is 5.10 Å². The van der Waals surface area contributed by atoms with Gasteiger partial charge in [-0.05, 0) is 31.0 Å². The van der Waals surface area contributed by atoms with Gasteiger partial charge in [0.25, 0.3) is 0 Å². The average Bonchev–Trinajstić information content (AvgIpc) is 2.77. The third kappa shape index (κ3) is 3.67. The van der Waals surface area contributed by atoms with Crippen LogP contribution in [0.15, 0.2) is 38.9 Å². The summed E-state index contributed by atoms with van der Waals surface area (Å²) in [5.41, 5.74) is 1.82. The monoisotopic (exact) mass is 339 g/mol. The van der Waals surface area contributed by atoms with Crippen molar-refractivity contribution < 1.29 is 4.79 Å². The highest BCUT2D eigenvalue weighted by Crippen LogP contribution is 2.22. The number of carbonyl (C=O) groups excluding carboxylic acids is 1. The van der Waals surface area contributed by atoms with Crippen LogP contribution in [-0.4, -0.2) is 22.0 Å². The standard InChI is InChI=1S/C13H14BrN3OS/c1-3-11-12(18)15-13(19-11)17-16-8(2)9-4-6-10(14)7-5-9/h4-7,11H,3H2,1-2H3,(H,15,17,18). The molecule has 1 aromatic carbocycles. The number of nitrogens with one attached hydrogen (secondary N) is 1. The second-order valence-corrected chi connectivity index (χ2v) is 6.21. The van der Waals surface area contributed by atoms with Gasteiger partial charge in [0.15, 0.2) is 5.17 Å². The van der Waals surface area contributed by atoms with E-state index in [9.17, 15) is 4.79 Å². The molecular weight excluding hydrogens is 326 g/mol. The van der Waals surface area contributed by atoms with E-state index in [1.165, 1.54) is 11.8 Å². The Morgan fingerprint density at radius 3 is 2.68 bits per heavy atom. The van der Waals surface area contributed by atoms with Crippen LogP contribution in [0.5, 0.6) is 0 Å². The SMILES string of the molecule is CCC1S/C(=N\N=C(C)c2ccc(Br)cc2)NC1=O. The summed E-state index contributed by atoms with van der Waals surface area (Å²) in [5, 5.41) is 11.5. The number of amides is 1. The topological polar surface area (TPSA) is 53.8 Å². The van der Waals surface area contributed by atoms with Crippen molar-refractivity contribution in [3.05, 3.63) is 34.3 Å². The Morgan fingerprint density at radius 2 is 2.11 bits per heavy atom. The number of thioether (sulfide) groups is 1. The minimum atomic E-state index is -0.0399. The molecule has 1 N–H and O–H groups in total. The summed E-state index contributed by atoms with van der Waals surface area (Å²) in [6, 6.07) is 7.86. The first-order valence-corrected chi connectivity index (χ1v) is 7.63. The minimum Gasteiger partial charge on any atom is -0.303 e. The molecule has 0 spiro atoms. The van der Waals surface area contributed by atoms with Gasteiger partial charge in [-0.3, -0.25) is 4.79 Å². The summed E-state index contributed by atoms with van der Waals surface area (Å²) in [6.07, 6.45) is 0.797. The first-order valence-electron chi connectivity index (χ1n) is 5.96. The van der Waals surface area contributed by atoms with Crippen molar-refractivity contribution in [2.75, 3.05) is 0 Å². The first kappa shape index (κ1) is 14.3. The van der Waals surface area contributed by atoms with E-state index in [1.807, 2.05) is 38.1 Å². The maximum Gasteiger partial charge on any atom is 0.239 e. The largest absolute Gasteiger partial charge is 0.303 e. The fourth-order valence-corrected chi connectivity index (χ4v) is 2.70. The summed E-state index contributed by atoms with van der Waals surface area (Å²) >= 11 is 4.82. The molecule has 1 aliphatic heterocycles. The molecule has 1 atom stereocenters. The van der Waals surface area contributed by atoms with Crippen molar-refractivity contribution in [1.29, 1.82) is 0 Å². The lowest BCUT2D eigenvalue weighted by Crippen LogP contribution is -2.24. The summed E-state index contributed by atoms with van der Waals surface area (Å²) in [5.74, 6) is 0.0164. The van der Waals surface area contributed by atoms with E-state index < -0.39 is 0 Å². The molecule has 0 aliphatic carbocycles. The number of halogens is 1. The third-order valence-corrected chi connectivity index (χ3v) is 4.47. The normalized spacial score (nSPS) is 21.8. The molecule has 2 rings (SSSR count). The zero-order valence-corrected chi connectivity index (χ0v) is 13.1. The molecule has 1 saturated heterocycles. The Morgan fingerprint density at radius 1 is 1.42 bits per heavy atom. The van der Waals surface area contributed by atoms with Crippen LogP contribution >= 0.6 is 27.7 Å². The average molecular weight is 340 g/mol. The third-order valence-electron chi connectivity index (χ3n) is 2.70. The minimum absolute atomic E-state index is 0.0164. The quantitative estimate of drug-likeness (QED) is 0.679. The second kappa shape index (κ2) is 6.34. The molecule has 100 valence electrons. The van der Waals surface area contributed by atoms with E-state index in [0.29, 0.717) is 5.17 Å². The van der Waals surface area contributed by atoms with Crippen LogP contribution < -0.4 is 5.32 Å². The molecule has 0 saturated carbocycles. The lowest BCUT2D eigenvalue weighted by atomic mass is 10.1. The van der Waals surface area contributed by atoms with Crippen molar-refractivity contribution in [1.82, 2.24) is 5.32 Å². The number of hydrogen-bond donors (Lipinski definition) is 1. The van der Waals surface area contributed by atoms with E-state index in [1.54, 1.807) is 0 Å². The highest BCUT2D eigenvalue weighted by atomic mass is 79.9. The summed E-state index contributed by atoms with van der Waals surface area (Å²) in [6.45, 7) is 3.88. The smallest absolute Gasteiger partial charge is 0.239 e. The molecule has 0 radical (unpaired) electrons. The van der Waals surface area contributed by atoms with E-state index >= 15 is 0 Å². The highest BCUT2D eigenvalue weighted by Gasteiger charge is 2.28. The van der Waals surface area contributed by atoms with Crippen molar-refractivity contribution in [3.63, 3.8) is 0 Å². The molecular formula is C13H14BrN3OS. The number of rotatable bonds is 3. The Bertz CT molecular complexity index is 539. The predicted molar refractivity (Wildman–Crippen MR) is 83.6 cm³/mol. The second-order valence-electron chi connectivity index (χ2n) is 4.10. The van der Waals surface area contributed by atoms with Gasteiger partial charge in [0.2, 0.25) is 5.91 Å². The molecule has 1 aliphatic rings. The number of amidine groups is 1. The molecule has 0 aromatic heterocycles. The predicted octanol–water partition coefficient (Wildman–Crippen LogP) is 3.17. The van der Waals surface area contributed by atoms with Crippen LogP contribution in [0.3, 0.4) is 0 Å². The molecule has 19 heavy (non-hydrogen) atoms. The van der Waals surface area contributed by atoms with Crippen LogP contribution in [0.4, 0.5) is 0 Å². The summed E-state index contributed by atoms with van der Waals surface area (Å²) < 4.78 is 1.03. The van der Waals surface area contributed by atoms with E-state index in [-0.39, 0.29) is 11.2 Å². The van der Waals surface area contributed by atoms with Gasteiger partial charge in [-0.15, -0.1) is 5.10 Å². The Kier molecular flexibility index (Phi) is 4.76. The van der Waals surface area contributed by atoms with E-state index in [2.05, 4.69) is 31.4 Å². The molecule has 1 unspecified atom stereocenters. The van der Waals surface area contributed by atoms with Crippen LogP contribution in [0.1, 0.15) is 25.8 Å². The van der Waals surface area contributed by atoms with E-state index in [4.69, 9.17) is 0 Å². The van der Waals surface area contributed by atoms with Gasteiger partial charge in [0, 0.05) is 4.47 Å². The first-order chi connectivity index (χ1) is 9.10. The van der Waals surface area contributed by atoms with Gasteiger partial charge in [-0.1, -0.05) is 46.7 Å². The summed E-state index contributed by atoms with van der Waals surface area (Å²) in [4.78, 5) is 11.5. The molecule has 1 amide bonds. The molecule has 6 heteroatoms. The van der Waals surface area contributed by atoms with Crippen LogP contribution in [0.25, 0.3) is 0 Å². The number of hydrogen-bond acceptors (Lipinski definition) is 4. The van der Waals surface area contributed by atoms with Gasteiger partial charge >= 0.3 is 0 Å². The number of nitrogens with zero attached hydrogens (tertiary/aromatic N) is 2. The Labute approximate surface area is 124 Å². The van der Waals surface area contributed by atoms with Gasteiger partial charge in [0.05, 0.1) is 11.0 Å². The van der Waals surface area contributed by atoms with Crippen LogP contribution in [0.2, 0.25) is 0 Å². The lowest BCUT2D eigenvalue weighted by Gasteiger charge is -1.99. The van der Waals surface area contributed by atoms with Crippen molar-refractivity contribution in [2.45, 2.75) is 25.5 Å². The van der Waals surface area contributed by atoms with Crippen LogP contribution in [-0.2, 0) is 4.79 Å². The fourth-order valence-electron chi connectivity index (χ4n) is 1.59. The van der Waals surface area contributed by atoms with Gasteiger partial charge in [0.1, 0.15) is 0 Å². The zero-order valence-electron chi connectivity index (χ0n) is 10.7. The van der Waals surface area contributed by atoms with Crippen LogP contribution in [0, 0.1) is 0 Å². The summed E-state index contributed by atoms with van der Waals surface area (Å²) in [7, 11) is 0. The number of carbonyl (C=O) groups is 1. The Hall–Kier alpha value is -1.14.